The van der Waals surface area contributed by atoms with Crippen LogP contribution >= 0.6 is 0 Å². The van der Waals surface area contributed by atoms with Crippen LogP contribution in [0.15, 0.2) is 48.5 Å². The predicted octanol–water partition coefficient (Wildman–Crippen LogP) is 5.49. The summed E-state index contributed by atoms with van der Waals surface area (Å²) >= 11 is 0. The van der Waals surface area contributed by atoms with Crippen molar-refractivity contribution in [3.05, 3.63) is 59.7 Å². The van der Waals surface area contributed by atoms with Gasteiger partial charge in [0.05, 0.1) is 0 Å². The molecule has 0 radical (unpaired) electrons. The van der Waals surface area contributed by atoms with Crippen molar-refractivity contribution in [1.29, 1.82) is 0 Å². The number of amides is 2. The summed E-state index contributed by atoms with van der Waals surface area (Å²) in [6.07, 6.45) is 5.16. The van der Waals surface area contributed by atoms with Gasteiger partial charge in [-0.15, -0.1) is 0 Å². The van der Waals surface area contributed by atoms with E-state index in [1.54, 1.807) is 6.92 Å². The van der Waals surface area contributed by atoms with Gasteiger partial charge in [-0.3, -0.25) is 10.1 Å². The van der Waals surface area contributed by atoms with Gasteiger partial charge in [0.25, 0.3) is 0 Å². The zero-order valence-corrected chi connectivity index (χ0v) is 18.3. The summed E-state index contributed by atoms with van der Waals surface area (Å²) in [4.78, 5) is 26.7. The van der Waals surface area contributed by atoms with Gasteiger partial charge in [0.1, 0.15) is 6.10 Å². The minimum Gasteiger partial charge on any atom is -0.446 e. The summed E-state index contributed by atoms with van der Waals surface area (Å²) < 4.78 is 5.77. The van der Waals surface area contributed by atoms with Crippen molar-refractivity contribution < 1.29 is 14.3 Å². The van der Waals surface area contributed by atoms with Crippen LogP contribution in [-0.2, 0) is 14.9 Å². The molecule has 162 valence electrons. The van der Waals surface area contributed by atoms with Crippen LogP contribution in [0.5, 0.6) is 0 Å². The smallest absolute Gasteiger partial charge is 0.411 e. The van der Waals surface area contributed by atoms with Gasteiger partial charge < -0.3 is 9.64 Å². The second-order valence-electron chi connectivity index (χ2n) is 9.59. The van der Waals surface area contributed by atoms with Crippen molar-refractivity contribution in [1.82, 2.24) is 0 Å². The largest absolute Gasteiger partial charge is 0.446 e. The molecule has 0 spiro atoms. The van der Waals surface area contributed by atoms with Gasteiger partial charge in [-0.25, -0.2) is 4.79 Å². The molecule has 5 heteroatoms. The maximum atomic E-state index is 12.6. The molecule has 1 aliphatic heterocycles. The van der Waals surface area contributed by atoms with Gasteiger partial charge in [-0.1, -0.05) is 37.3 Å². The van der Waals surface area contributed by atoms with Crippen LogP contribution in [0, 0.1) is 11.8 Å². The molecule has 2 saturated carbocycles. The Kier molecular flexibility index (Phi) is 4.99. The van der Waals surface area contributed by atoms with Crippen molar-refractivity contribution in [3.63, 3.8) is 0 Å². The standard InChI is InChI=1S/C26H30N2O3/c1-17(29)28-13-12-26(2,20-6-4-3-5-7-20)22-16-21(10-11-23(22)28)27-25(30)31-24-15-18-8-9-19(24)14-18/h3-7,10-11,16,18-19,24H,8-9,12-15H2,1-2H3,(H,27,30)/t18?,19-,24-,26-/m0/s1. The first kappa shape index (κ1) is 20.1. The molecular formula is C26H30N2O3. The van der Waals surface area contributed by atoms with Crippen LogP contribution in [0.4, 0.5) is 16.2 Å². The first-order valence-corrected chi connectivity index (χ1v) is 11.4. The van der Waals surface area contributed by atoms with Gasteiger partial charge >= 0.3 is 6.09 Å². The van der Waals surface area contributed by atoms with E-state index in [1.165, 1.54) is 24.8 Å². The molecule has 5 nitrogen and oxygen atoms in total. The highest BCUT2D eigenvalue weighted by Gasteiger charge is 2.42. The maximum Gasteiger partial charge on any atom is 0.411 e. The number of hydrogen-bond donors (Lipinski definition) is 1. The number of fused-ring (bicyclic) bond motifs is 3. The van der Waals surface area contributed by atoms with Gasteiger partial charge in [0.15, 0.2) is 0 Å². The lowest BCUT2D eigenvalue weighted by atomic mass is 9.71. The van der Waals surface area contributed by atoms with E-state index in [9.17, 15) is 9.59 Å². The second kappa shape index (κ2) is 7.70. The molecule has 2 bridgehead atoms. The Bertz CT molecular complexity index is 1000. The molecule has 0 aromatic heterocycles. The number of nitrogens with one attached hydrogen (secondary N) is 1. The molecule has 2 amide bonds. The van der Waals surface area contributed by atoms with E-state index in [0.29, 0.717) is 18.2 Å². The van der Waals surface area contributed by atoms with Crippen molar-refractivity contribution in [2.24, 2.45) is 11.8 Å². The summed E-state index contributed by atoms with van der Waals surface area (Å²) in [5.74, 6) is 1.30. The maximum absolute atomic E-state index is 12.6. The van der Waals surface area contributed by atoms with Crippen LogP contribution in [0.25, 0.3) is 0 Å². The van der Waals surface area contributed by atoms with Crippen LogP contribution in [-0.4, -0.2) is 24.6 Å². The van der Waals surface area contributed by atoms with E-state index in [1.807, 2.05) is 41.3 Å². The van der Waals surface area contributed by atoms with Crippen molar-refractivity contribution in [2.75, 3.05) is 16.8 Å². The number of benzene rings is 2. The van der Waals surface area contributed by atoms with E-state index in [-0.39, 0.29) is 23.5 Å². The minimum absolute atomic E-state index is 0.0350. The third-order valence-corrected chi connectivity index (χ3v) is 7.69. The molecule has 4 atom stereocenters. The molecule has 0 saturated heterocycles. The van der Waals surface area contributed by atoms with Crippen LogP contribution in [0.3, 0.4) is 0 Å². The molecular weight excluding hydrogens is 388 g/mol. The second-order valence-corrected chi connectivity index (χ2v) is 9.59. The van der Waals surface area contributed by atoms with Crippen LogP contribution in [0.2, 0.25) is 0 Å². The molecule has 1 heterocycles. The monoisotopic (exact) mass is 418 g/mol. The average molecular weight is 419 g/mol. The number of hydrogen-bond acceptors (Lipinski definition) is 3. The molecule has 2 aliphatic carbocycles. The highest BCUT2D eigenvalue weighted by molar-refractivity contribution is 5.94. The topological polar surface area (TPSA) is 58.6 Å². The number of anilines is 2. The third-order valence-electron chi connectivity index (χ3n) is 7.69. The van der Waals surface area contributed by atoms with Gasteiger partial charge in [-0.2, -0.15) is 0 Å². The Morgan fingerprint density at radius 1 is 1.10 bits per heavy atom. The fourth-order valence-corrected chi connectivity index (χ4v) is 5.93. The lowest BCUT2D eigenvalue weighted by Crippen LogP contribution is -2.41. The third kappa shape index (κ3) is 3.60. The lowest BCUT2D eigenvalue weighted by molar-refractivity contribution is -0.116. The van der Waals surface area contributed by atoms with Gasteiger partial charge in [0.2, 0.25) is 5.91 Å². The number of carbonyl (C=O) groups excluding carboxylic acids is 2. The Balaban J connectivity index is 1.42. The highest BCUT2D eigenvalue weighted by atomic mass is 16.6. The van der Waals surface area contributed by atoms with E-state index in [4.69, 9.17) is 4.74 Å². The SMILES string of the molecule is CC(=O)N1CC[C@@](C)(c2ccccc2)c2cc(NC(=O)O[C@H]3CC4CC[C@H]3C4)ccc21. The Labute approximate surface area is 183 Å². The molecule has 31 heavy (non-hydrogen) atoms. The van der Waals surface area contributed by atoms with Gasteiger partial charge in [-0.05, 0) is 73.3 Å². The van der Waals surface area contributed by atoms with Gasteiger partial charge in [0, 0.05) is 30.3 Å². The minimum atomic E-state index is -0.377. The fraction of sp³-hybridized carbons (Fsp3) is 0.462. The van der Waals surface area contributed by atoms with Crippen molar-refractivity contribution in [2.45, 2.75) is 57.5 Å². The molecule has 2 aromatic carbocycles. The van der Waals surface area contributed by atoms with E-state index >= 15 is 0 Å². The molecule has 1 unspecified atom stereocenters. The number of nitrogens with zero attached hydrogens (tertiary/aromatic N) is 1. The summed E-state index contributed by atoms with van der Waals surface area (Å²) in [6, 6.07) is 16.2. The van der Waals surface area contributed by atoms with Crippen molar-refractivity contribution >= 4 is 23.4 Å². The molecule has 2 aromatic rings. The quantitative estimate of drug-likeness (QED) is 0.717. The first-order valence-electron chi connectivity index (χ1n) is 11.4. The fourth-order valence-electron chi connectivity index (χ4n) is 5.93. The Morgan fingerprint density at radius 3 is 2.58 bits per heavy atom. The summed E-state index contributed by atoms with van der Waals surface area (Å²) in [5, 5.41) is 2.95. The predicted molar refractivity (Wildman–Crippen MR) is 121 cm³/mol. The number of carbonyl (C=O) groups is 2. The van der Waals surface area contributed by atoms with E-state index in [0.717, 1.165) is 30.0 Å². The van der Waals surface area contributed by atoms with Crippen molar-refractivity contribution in [3.8, 4) is 0 Å². The summed E-state index contributed by atoms with van der Waals surface area (Å²) in [5.41, 5.74) is 3.64. The van der Waals surface area contributed by atoms with Crippen LogP contribution < -0.4 is 10.2 Å². The van der Waals surface area contributed by atoms with E-state index in [2.05, 4.69) is 24.4 Å². The van der Waals surface area contributed by atoms with E-state index < -0.39 is 0 Å². The molecule has 5 rings (SSSR count). The zero-order chi connectivity index (χ0) is 21.6. The molecule has 3 aliphatic rings. The average Bonchev–Trinajstić information content (AvgIpc) is 3.38. The number of ether oxygens (including phenoxy) is 1. The highest BCUT2D eigenvalue weighted by Crippen LogP contribution is 2.47. The normalized spacial score (nSPS) is 28.8. The first-order chi connectivity index (χ1) is 14.9. The Hall–Kier alpha value is -2.82. The number of rotatable bonds is 3. The Morgan fingerprint density at radius 2 is 1.90 bits per heavy atom. The molecule has 1 N–H and O–H groups in total. The van der Waals surface area contributed by atoms with Crippen LogP contribution in [0.1, 0.15) is 57.1 Å². The molecule has 2 fully saturated rings. The zero-order valence-electron chi connectivity index (χ0n) is 18.3. The summed E-state index contributed by atoms with van der Waals surface area (Å²) in [7, 11) is 0. The summed E-state index contributed by atoms with van der Waals surface area (Å²) in [6.45, 7) is 4.50. The lowest BCUT2D eigenvalue weighted by Gasteiger charge is -2.41.